The summed E-state index contributed by atoms with van der Waals surface area (Å²) in [6, 6.07) is 27.4. The molecule has 0 bridgehead atoms. The highest BCUT2D eigenvalue weighted by molar-refractivity contribution is 8.00. The Morgan fingerprint density at radius 2 is 1.55 bits per heavy atom. The molecule has 3 aromatic carbocycles. The molecule has 144 valence electrons. The van der Waals surface area contributed by atoms with E-state index in [0.717, 1.165) is 23.4 Å². The minimum absolute atomic E-state index is 0.0194. The molecule has 1 aliphatic heterocycles. The third kappa shape index (κ3) is 3.51. The summed E-state index contributed by atoms with van der Waals surface area (Å²) in [5, 5.41) is 3.66. The van der Waals surface area contributed by atoms with Gasteiger partial charge in [-0.15, -0.1) is 11.8 Å². The summed E-state index contributed by atoms with van der Waals surface area (Å²) in [5.41, 5.74) is 6.80. The summed E-state index contributed by atoms with van der Waals surface area (Å²) >= 11 is 1.78. The standard InChI is InChI=1S/C26H23NOS/c1-17-11-13-19(14-12-17)26-25-22(27-21-9-5-6-10-24(21)29-26)15-20(16-23(25)28)18-7-3-2-4-8-18/h2-14,20,26-27H,15-16H2,1H3/t20-,26-/m1/s1. The van der Waals surface area contributed by atoms with Gasteiger partial charge in [0.25, 0.3) is 0 Å². The molecule has 0 aromatic heterocycles. The highest BCUT2D eigenvalue weighted by Crippen LogP contribution is 2.51. The topological polar surface area (TPSA) is 29.1 Å². The predicted molar refractivity (Wildman–Crippen MR) is 120 cm³/mol. The second kappa shape index (κ2) is 7.57. The molecule has 3 heteroatoms. The molecule has 2 nitrogen and oxygen atoms in total. The number of benzene rings is 3. The van der Waals surface area contributed by atoms with Crippen LogP contribution in [0.15, 0.2) is 95.0 Å². The molecule has 3 aromatic rings. The van der Waals surface area contributed by atoms with E-state index in [0.29, 0.717) is 6.42 Å². The molecule has 1 aliphatic carbocycles. The van der Waals surface area contributed by atoms with Crippen molar-refractivity contribution < 1.29 is 4.79 Å². The van der Waals surface area contributed by atoms with Crippen molar-refractivity contribution in [2.45, 2.75) is 35.8 Å². The van der Waals surface area contributed by atoms with E-state index in [4.69, 9.17) is 0 Å². The molecule has 0 spiro atoms. The Hall–Kier alpha value is -2.78. The number of hydrogen-bond acceptors (Lipinski definition) is 3. The lowest BCUT2D eigenvalue weighted by atomic mass is 9.80. The van der Waals surface area contributed by atoms with E-state index in [1.54, 1.807) is 11.8 Å². The molecule has 0 radical (unpaired) electrons. The number of para-hydroxylation sites is 1. The van der Waals surface area contributed by atoms with Crippen molar-refractivity contribution in [1.82, 2.24) is 0 Å². The van der Waals surface area contributed by atoms with Gasteiger partial charge in [-0.2, -0.15) is 0 Å². The lowest BCUT2D eigenvalue weighted by Gasteiger charge is -2.29. The van der Waals surface area contributed by atoms with Gasteiger partial charge in [0, 0.05) is 22.6 Å². The van der Waals surface area contributed by atoms with Gasteiger partial charge in [0.2, 0.25) is 0 Å². The maximum Gasteiger partial charge on any atom is 0.162 e. The molecule has 0 fully saturated rings. The zero-order valence-corrected chi connectivity index (χ0v) is 17.2. The largest absolute Gasteiger partial charge is 0.358 e. The maximum absolute atomic E-state index is 13.5. The van der Waals surface area contributed by atoms with Gasteiger partial charge in [-0.25, -0.2) is 0 Å². The lowest BCUT2D eigenvalue weighted by molar-refractivity contribution is -0.116. The van der Waals surface area contributed by atoms with Crippen molar-refractivity contribution in [2.75, 3.05) is 5.32 Å². The Morgan fingerprint density at radius 1 is 0.828 bits per heavy atom. The van der Waals surface area contributed by atoms with E-state index in [1.165, 1.54) is 21.6 Å². The fourth-order valence-corrected chi connectivity index (χ4v) is 5.65. The Balaban J connectivity index is 1.61. The third-order valence-electron chi connectivity index (χ3n) is 5.84. The van der Waals surface area contributed by atoms with E-state index in [9.17, 15) is 4.79 Å². The van der Waals surface area contributed by atoms with Crippen LogP contribution in [0.2, 0.25) is 0 Å². The first kappa shape index (κ1) is 18.3. The highest BCUT2D eigenvalue weighted by atomic mass is 32.2. The van der Waals surface area contributed by atoms with Gasteiger partial charge in [0.15, 0.2) is 5.78 Å². The summed E-state index contributed by atoms with van der Waals surface area (Å²) < 4.78 is 0. The molecule has 1 heterocycles. The molecule has 2 atom stereocenters. The first-order valence-corrected chi connectivity index (χ1v) is 11.0. The minimum atomic E-state index is 0.0194. The average Bonchev–Trinajstić information content (AvgIpc) is 2.92. The normalized spacial score (nSPS) is 21.1. The Labute approximate surface area is 176 Å². The van der Waals surface area contributed by atoms with Crippen molar-refractivity contribution in [2.24, 2.45) is 0 Å². The number of nitrogens with one attached hydrogen (secondary N) is 1. The number of Topliss-reactive ketones (excluding diaryl/α,β-unsaturated/α-hetero) is 1. The number of allylic oxidation sites excluding steroid dienone is 1. The molecule has 1 N–H and O–H groups in total. The molecule has 0 saturated carbocycles. The van der Waals surface area contributed by atoms with Crippen molar-refractivity contribution in [1.29, 1.82) is 0 Å². The molecule has 5 rings (SSSR count). The zero-order valence-electron chi connectivity index (χ0n) is 16.4. The van der Waals surface area contributed by atoms with Crippen LogP contribution in [-0.4, -0.2) is 5.78 Å². The Kier molecular flexibility index (Phi) is 4.76. The fraction of sp³-hybridized carbons (Fsp3) is 0.192. The second-order valence-electron chi connectivity index (χ2n) is 7.86. The van der Waals surface area contributed by atoms with Gasteiger partial charge in [0.1, 0.15) is 0 Å². The van der Waals surface area contributed by atoms with E-state index in [1.807, 2.05) is 6.07 Å². The van der Waals surface area contributed by atoms with Crippen LogP contribution in [0.25, 0.3) is 0 Å². The molecule has 0 saturated heterocycles. The predicted octanol–water partition coefficient (Wildman–Crippen LogP) is 6.65. The number of ketones is 1. The lowest BCUT2D eigenvalue weighted by Crippen LogP contribution is -2.23. The third-order valence-corrected chi connectivity index (χ3v) is 7.19. The van der Waals surface area contributed by atoms with Crippen LogP contribution >= 0.6 is 11.8 Å². The smallest absolute Gasteiger partial charge is 0.162 e. The molecule has 2 aliphatic rings. The number of carbonyl (C=O) groups is 1. The molecular weight excluding hydrogens is 374 g/mol. The average molecular weight is 398 g/mol. The van der Waals surface area contributed by atoms with Gasteiger partial charge < -0.3 is 5.32 Å². The molecule has 0 amide bonds. The van der Waals surface area contributed by atoms with Crippen molar-refractivity contribution >= 4 is 23.2 Å². The van der Waals surface area contributed by atoms with Crippen LogP contribution in [0.3, 0.4) is 0 Å². The van der Waals surface area contributed by atoms with E-state index in [-0.39, 0.29) is 17.0 Å². The Morgan fingerprint density at radius 3 is 2.34 bits per heavy atom. The number of thioether (sulfide) groups is 1. The quantitative estimate of drug-likeness (QED) is 0.524. The minimum Gasteiger partial charge on any atom is -0.358 e. The second-order valence-corrected chi connectivity index (χ2v) is 9.01. The number of rotatable bonds is 2. The molecule has 29 heavy (non-hydrogen) atoms. The number of anilines is 1. The van der Waals surface area contributed by atoms with Crippen LogP contribution in [0, 0.1) is 6.92 Å². The molecular formula is C26H23NOS. The fourth-order valence-electron chi connectivity index (χ4n) is 4.31. The van der Waals surface area contributed by atoms with Gasteiger partial charge in [-0.1, -0.05) is 72.3 Å². The summed E-state index contributed by atoms with van der Waals surface area (Å²) in [5.74, 6) is 0.488. The van der Waals surface area contributed by atoms with Gasteiger partial charge in [0.05, 0.1) is 10.9 Å². The zero-order chi connectivity index (χ0) is 19.8. The summed E-state index contributed by atoms with van der Waals surface area (Å²) in [6.45, 7) is 2.10. The van der Waals surface area contributed by atoms with Crippen LogP contribution in [0.4, 0.5) is 5.69 Å². The first-order valence-electron chi connectivity index (χ1n) is 10.1. The first-order chi connectivity index (χ1) is 14.2. The van der Waals surface area contributed by atoms with Gasteiger partial charge in [-0.3, -0.25) is 4.79 Å². The number of fused-ring (bicyclic) bond motifs is 1. The van der Waals surface area contributed by atoms with Crippen molar-refractivity contribution in [3.05, 3.63) is 107 Å². The Bertz CT molecular complexity index is 1090. The number of carbonyl (C=O) groups excluding carboxylic acids is 1. The number of aryl methyl sites for hydroxylation is 1. The van der Waals surface area contributed by atoms with E-state index in [2.05, 4.69) is 85.0 Å². The van der Waals surface area contributed by atoms with Crippen molar-refractivity contribution in [3.63, 3.8) is 0 Å². The van der Waals surface area contributed by atoms with E-state index >= 15 is 0 Å². The van der Waals surface area contributed by atoms with Crippen LogP contribution < -0.4 is 5.32 Å². The van der Waals surface area contributed by atoms with Crippen molar-refractivity contribution in [3.8, 4) is 0 Å². The molecule has 0 unspecified atom stereocenters. The van der Waals surface area contributed by atoms with Gasteiger partial charge >= 0.3 is 0 Å². The highest BCUT2D eigenvalue weighted by Gasteiger charge is 2.36. The monoisotopic (exact) mass is 397 g/mol. The van der Waals surface area contributed by atoms with Crippen LogP contribution in [0.5, 0.6) is 0 Å². The summed E-state index contributed by atoms with van der Waals surface area (Å²) in [7, 11) is 0. The SMILES string of the molecule is Cc1ccc([C@H]2Sc3ccccc3NC3=C2C(=O)C[C@H](c2ccccc2)C3)cc1. The summed E-state index contributed by atoms with van der Waals surface area (Å²) in [6.07, 6.45) is 1.44. The van der Waals surface area contributed by atoms with Crippen LogP contribution in [-0.2, 0) is 4.79 Å². The maximum atomic E-state index is 13.5. The summed E-state index contributed by atoms with van der Waals surface area (Å²) in [4.78, 5) is 14.6. The van der Waals surface area contributed by atoms with Gasteiger partial charge in [-0.05, 0) is 42.5 Å². The van der Waals surface area contributed by atoms with Crippen LogP contribution in [0.1, 0.15) is 40.7 Å². The van der Waals surface area contributed by atoms with E-state index < -0.39 is 0 Å². The number of hydrogen-bond donors (Lipinski definition) is 1.